The molecule has 29 heavy (non-hydrogen) atoms. The molecular weight excluding hydrogens is 393 g/mol. The maximum absolute atomic E-state index is 13.6. The number of carbonyl (C=O) groups excluding carboxylic acids is 1. The summed E-state index contributed by atoms with van der Waals surface area (Å²) in [5.41, 5.74) is 1.37. The monoisotopic (exact) mass is 415 g/mol. The standard InChI is InChI=1S/C20H22FN5O2S/c1-2-28-16-9-7-15(8-10-16)19-24-25-20(26(19)22)29-13-18(27)23-12-11-14-5-3-4-6-17(14)21/h3-10H,2,11-13,22H2,1H3,(H,23,27). The molecule has 0 saturated carbocycles. The Morgan fingerprint density at radius 3 is 2.69 bits per heavy atom. The number of aromatic nitrogens is 3. The van der Waals surface area contributed by atoms with E-state index in [0.717, 1.165) is 11.3 Å². The number of rotatable bonds is 9. The molecule has 7 nitrogen and oxygen atoms in total. The van der Waals surface area contributed by atoms with Crippen LogP contribution < -0.4 is 15.9 Å². The zero-order valence-corrected chi connectivity index (χ0v) is 16.8. The molecule has 0 bridgehead atoms. The number of ether oxygens (including phenoxy) is 1. The number of amides is 1. The molecule has 2 aromatic carbocycles. The van der Waals surface area contributed by atoms with Crippen LogP contribution in [0.25, 0.3) is 11.4 Å². The van der Waals surface area contributed by atoms with Crippen LogP contribution in [0, 0.1) is 5.82 Å². The molecule has 0 radical (unpaired) electrons. The molecule has 3 rings (SSSR count). The second kappa shape index (κ2) is 9.92. The van der Waals surface area contributed by atoms with Crippen LogP contribution in [0.5, 0.6) is 5.75 Å². The highest BCUT2D eigenvalue weighted by Gasteiger charge is 2.14. The lowest BCUT2D eigenvalue weighted by Crippen LogP contribution is -2.27. The van der Waals surface area contributed by atoms with Crippen LogP contribution in [0.3, 0.4) is 0 Å². The van der Waals surface area contributed by atoms with Crippen molar-refractivity contribution in [3.63, 3.8) is 0 Å². The second-order valence-corrected chi connectivity index (χ2v) is 7.06. The maximum Gasteiger partial charge on any atom is 0.230 e. The quantitative estimate of drug-likeness (QED) is 0.412. The first-order chi connectivity index (χ1) is 14.1. The van der Waals surface area contributed by atoms with Crippen molar-refractivity contribution in [2.75, 3.05) is 24.7 Å². The van der Waals surface area contributed by atoms with Crippen molar-refractivity contribution in [2.24, 2.45) is 0 Å². The lowest BCUT2D eigenvalue weighted by molar-refractivity contribution is -0.118. The third-order valence-corrected chi connectivity index (χ3v) is 5.04. The topological polar surface area (TPSA) is 95.1 Å². The van der Waals surface area contributed by atoms with Crippen LogP contribution in [0.4, 0.5) is 4.39 Å². The van der Waals surface area contributed by atoms with E-state index < -0.39 is 0 Å². The number of benzene rings is 2. The van der Waals surface area contributed by atoms with Gasteiger partial charge in [0.25, 0.3) is 0 Å². The van der Waals surface area contributed by atoms with E-state index in [0.29, 0.717) is 36.1 Å². The SMILES string of the molecule is CCOc1ccc(-c2nnc(SCC(=O)NCCc3ccccc3F)n2N)cc1. The zero-order valence-electron chi connectivity index (χ0n) is 16.0. The number of thioether (sulfide) groups is 1. The Morgan fingerprint density at radius 1 is 1.21 bits per heavy atom. The molecule has 0 aliphatic rings. The van der Waals surface area contributed by atoms with Gasteiger partial charge in [-0.25, -0.2) is 9.07 Å². The van der Waals surface area contributed by atoms with E-state index >= 15 is 0 Å². The van der Waals surface area contributed by atoms with Gasteiger partial charge in [0.15, 0.2) is 5.82 Å². The number of nitrogens with zero attached hydrogens (tertiary/aromatic N) is 3. The molecule has 3 N–H and O–H groups in total. The van der Waals surface area contributed by atoms with Crippen LogP contribution in [-0.2, 0) is 11.2 Å². The summed E-state index contributed by atoms with van der Waals surface area (Å²) in [7, 11) is 0. The van der Waals surface area contributed by atoms with Crippen molar-refractivity contribution >= 4 is 17.7 Å². The number of halogens is 1. The molecule has 0 spiro atoms. The average Bonchev–Trinajstić information content (AvgIpc) is 3.09. The van der Waals surface area contributed by atoms with E-state index in [-0.39, 0.29) is 17.5 Å². The minimum absolute atomic E-state index is 0.135. The Balaban J connectivity index is 1.50. The van der Waals surface area contributed by atoms with Crippen LogP contribution in [0.1, 0.15) is 12.5 Å². The predicted octanol–water partition coefficient (Wildman–Crippen LogP) is 2.65. The van der Waals surface area contributed by atoms with E-state index in [2.05, 4.69) is 15.5 Å². The number of carbonyl (C=O) groups is 1. The molecule has 1 aromatic heterocycles. The summed E-state index contributed by atoms with van der Waals surface area (Å²) in [4.78, 5) is 12.0. The summed E-state index contributed by atoms with van der Waals surface area (Å²) >= 11 is 1.18. The van der Waals surface area contributed by atoms with Gasteiger partial charge in [-0.1, -0.05) is 30.0 Å². The van der Waals surface area contributed by atoms with Gasteiger partial charge in [-0.05, 0) is 49.2 Å². The Bertz CT molecular complexity index is 962. The number of nitrogens with one attached hydrogen (secondary N) is 1. The van der Waals surface area contributed by atoms with Crippen LogP contribution in [0.2, 0.25) is 0 Å². The molecule has 0 aliphatic carbocycles. The van der Waals surface area contributed by atoms with Gasteiger partial charge in [-0.2, -0.15) is 0 Å². The first kappa shape index (κ1) is 20.7. The Labute approximate surface area is 172 Å². The second-order valence-electron chi connectivity index (χ2n) is 6.11. The largest absolute Gasteiger partial charge is 0.494 e. The third kappa shape index (κ3) is 5.47. The highest BCUT2D eigenvalue weighted by Crippen LogP contribution is 2.23. The number of nitrogen functional groups attached to an aromatic ring is 1. The van der Waals surface area contributed by atoms with Crippen molar-refractivity contribution in [3.8, 4) is 17.1 Å². The number of hydrogen-bond donors (Lipinski definition) is 2. The summed E-state index contributed by atoms with van der Waals surface area (Å²) in [6.07, 6.45) is 0.429. The molecule has 1 amide bonds. The molecule has 1 heterocycles. The third-order valence-electron chi connectivity index (χ3n) is 4.09. The highest BCUT2D eigenvalue weighted by molar-refractivity contribution is 7.99. The summed E-state index contributed by atoms with van der Waals surface area (Å²) < 4.78 is 20.3. The Hall–Kier alpha value is -3.07. The van der Waals surface area contributed by atoms with E-state index in [9.17, 15) is 9.18 Å². The van der Waals surface area contributed by atoms with Crippen molar-refractivity contribution in [1.29, 1.82) is 0 Å². The van der Waals surface area contributed by atoms with Crippen LogP contribution in [0.15, 0.2) is 53.7 Å². The smallest absolute Gasteiger partial charge is 0.230 e. The van der Waals surface area contributed by atoms with E-state index in [1.807, 2.05) is 31.2 Å². The number of hydrogen-bond acceptors (Lipinski definition) is 6. The van der Waals surface area contributed by atoms with Crippen LogP contribution >= 0.6 is 11.8 Å². The van der Waals surface area contributed by atoms with Gasteiger partial charge in [0.05, 0.1) is 12.4 Å². The van der Waals surface area contributed by atoms with Crippen molar-refractivity contribution in [1.82, 2.24) is 20.2 Å². The molecule has 152 valence electrons. The Kier molecular flexibility index (Phi) is 7.07. The average molecular weight is 415 g/mol. The lowest BCUT2D eigenvalue weighted by Gasteiger charge is -2.07. The van der Waals surface area contributed by atoms with Gasteiger partial charge in [-0.3, -0.25) is 4.79 Å². The highest BCUT2D eigenvalue weighted by atomic mass is 32.2. The first-order valence-corrected chi connectivity index (χ1v) is 10.1. The zero-order chi connectivity index (χ0) is 20.6. The van der Waals surface area contributed by atoms with E-state index in [1.54, 1.807) is 18.2 Å². The van der Waals surface area contributed by atoms with Crippen molar-refractivity contribution in [3.05, 3.63) is 59.9 Å². The minimum Gasteiger partial charge on any atom is -0.494 e. The van der Waals surface area contributed by atoms with Gasteiger partial charge in [0.2, 0.25) is 11.1 Å². The lowest BCUT2D eigenvalue weighted by atomic mass is 10.1. The predicted molar refractivity (Wildman–Crippen MR) is 111 cm³/mol. The molecule has 0 aliphatic heterocycles. The fourth-order valence-electron chi connectivity index (χ4n) is 2.66. The normalized spacial score (nSPS) is 10.7. The molecule has 0 unspecified atom stereocenters. The molecule has 9 heteroatoms. The van der Waals surface area contributed by atoms with E-state index in [1.165, 1.54) is 22.5 Å². The summed E-state index contributed by atoms with van der Waals surface area (Å²) in [5, 5.41) is 11.4. The van der Waals surface area contributed by atoms with E-state index in [4.69, 9.17) is 10.6 Å². The maximum atomic E-state index is 13.6. The molecule has 0 saturated heterocycles. The van der Waals surface area contributed by atoms with Gasteiger partial charge >= 0.3 is 0 Å². The van der Waals surface area contributed by atoms with Crippen LogP contribution in [-0.4, -0.2) is 39.7 Å². The molecule has 0 atom stereocenters. The summed E-state index contributed by atoms with van der Waals surface area (Å²) in [5.74, 6) is 7.02. The number of nitrogens with two attached hydrogens (primary N) is 1. The van der Waals surface area contributed by atoms with Gasteiger partial charge < -0.3 is 15.9 Å². The fraction of sp³-hybridized carbons (Fsp3) is 0.250. The molecule has 3 aromatic rings. The first-order valence-electron chi connectivity index (χ1n) is 9.15. The van der Waals surface area contributed by atoms with Crippen molar-refractivity contribution in [2.45, 2.75) is 18.5 Å². The van der Waals surface area contributed by atoms with Gasteiger partial charge in [0, 0.05) is 12.1 Å². The fourth-order valence-corrected chi connectivity index (χ4v) is 3.34. The summed E-state index contributed by atoms with van der Waals surface area (Å²) in [6.45, 7) is 2.87. The molecular formula is C20H22FN5O2S. The Morgan fingerprint density at radius 2 is 1.97 bits per heavy atom. The van der Waals surface area contributed by atoms with Crippen molar-refractivity contribution < 1.29 is 13.9 Å². The summed E-state index contributed by atoms with van der Waals surface area (Å²) in [6, 6.07) is 13.9. The van der Waals surface area contributed by atoms with Gasteiger partial charge in [-0.15, -0.1) is 10.2 Å². The molecule has 0 fully saturated rings. The van der Waals surface area contributed by atoms with Gasteiger partial charge in [0.1, 0.15) is 11.6 Å². The minimum atomic E-state index is -0.269.